The van der Waals surface area contributed by atoms with Gasteiger partial charge in [0.1, 0.15) is 5.75 Å². The molecule has 0 N–H and O–H groups in total. The molecule has 3 nitrogen and oxygen atoms in total. The molecule has 0 amide bonds. The van der Waals surface area contributed by atoms with Crippen LogP contribution in [-0.2, 0) is 13.0 Å². The summed E-state index contributed by atoms with van der Waals surface area (Å²) in [6.45, 7) is 7.79. The molecule has 1 heterocycles. The Morgan fingerprint density at radius 3 is 2.76 bits per heavy atom. The van der Waals surface area contributed by atoms with Gasteiger partial charge in [-0.1, -0.05) is 37.3 Å². The fraction of sp³-hybridized carbons (Fsp3) is 0.318. The van der Waals surface area contributed by atoms with Gasteiger partial charge in [-0.25, -0.2) is 0 Å². The minimum Gasteiger partial charge on any atom is -0.493 e. The number of hydrogen-bond acceptors (Lipinski definition) is 2. The lowest BCUT2D eigenvalue weighted by Crippen LogP contribution is -2.05. The molecule has 0 bridgehead atoms. The van der Waals surface area contributed by atoms with Gasteiger partial charge >= 0.3 is 0 Å². The highest BCUT2D eigenvalue weighted by atomic mass is 16.5. The van der Waals surface area contributed by atoms with Crippen LogP contribution in [0.5, 0.6) is 5.75 Å². The number of para-hydroxylation sites is 1. The highest BCUT2D eigenvalue weighted by Gasteiger charge is 2.11. The van der Waals surface area contributed by atoms with E-state index in [0.29, 0.717) is 6.61 Å². The molecular weight excluding hydrogens is 310 g/mol. The van der Waals surface area contributed by atoms with E-state index >= 15 is 0 Å². The molecule has 0 spiro atoms. The second-order valence-electron chi connectivity index (χ2n) is 6.53. The van der Waals surface area contributed by atoms with Gasteiger partial charge in [0.15, 0.2) is 6.29 Å². The molecular formula is C22H25NO2. The Bertz CT molecular complexity index is 892. The molecule has 0 aliphatic carbocycles. The normalized spacial score (nSPS) is 11.0. The Balaban J connectivity index is 1.73. The predicted octanol–water partition coefficient (Wildman–Crippen LogP) is 5.10. The van der Waals surface area contributed by atoms with Crippen LogP contribution in [0.1, 0.15) is 40.4 Å². The maximum absolute atomic E-state index is 11.4. The number of benzene rings is 2. The Morgan fingerprint density at radius 2 is 2.00 bits per heavy atom. The number of rotatable bonds is 7. The lowest BCUT2D eigenvalue weighted by atomic mass is 10.1. The monoisotopic (exact) mass is 335 g/mol. The third kappa shape index (κ3) is 3.60. The van der Waals surface area contributed by atoms with E-state index in [1.165, 1.54) is 16.6 Å². The molecule has 0 fully saturated rings. The van der Waals surface area contributed by atoms with E-state index < -0.39 is 0 Å². The molecule has 0 unspecified atom stereocenters. The Kier molecular flexibility index (Phi) is 5.22. The van der Waals surface area contributed by atoms with Gasteiger partial charge in [-0.05, 0) is 49.4 Å². The van der Waals surface area contributed by atoms with E-state index in [4.69, 9.17) is 4.74 Å². The number of carbonyl (C=O) groups is 1. The molecule has 0 saturated heterocycles. The van der Waals surface area contributed by atoms with E-state index in [1.807, 2.05) is 18.3 Å². The maximum Gasteiger partial charge on any atom is 0.152 e. The van der Waals surface area contributed by atoms with Crippen LogP contribution >= 0.6 is 0 Å². The first-order valence-corrected chi connectivity index (χ1v) is 8.90. The van der Waals surface area contributed by atoms with E-state index in [0.717, 1.165) is 47.9 Å². The number of aldehydes is 1. The van der Waals surface area contributed by atoms with Crippen molar-refractivity contribution in [1.29, 1.82) is 0 Å². The van der Waals surface area contributed by atoms with Crippen molar-refractivity contribution >= 4 is 17.2 Å². The summed E-state index contributed by atoms with van der Waals surface area (Å²) in [6, 6.07) is 12.5. The summed E-state index contributed by atoms with van der Waals surface area (Å²) >= 11 is 0. The van der Waals surface area contributed by atoms with E-state index in [1.54, 1.807) is 0 Å². The van der Waals surface area contributed by atoms with Crippen LogP contribution in [0.3, 0.4) is 0 Å². The average molecular weight is 335 g/mol. The highest BCUT2D eigenvalue weighted by molar-refractivity contribution is 5.98. The zero-order chi connectivity index (χ0) is 17.8. The summed E-state index contributed by atoms with van der Waals surface area (Å²) in [4.78, 5) is 11.4. The molecule has 3 aromatic rings. The van der Waals surface area contributed by atoms with Gasteiger partial charge in [0, 0.05) is 23.7 Å². The highest BCUT2D eigenvalue weighted by Crippen LogP contribution is 2.25. The molecule has 1 aromatic heterocycles. The molecule has 3 rings (SSSR count). The first-order valence-electron chi connectivity index (χ1n) is 8.90. The van der Waals surface area contributed by atoms with Crippen LogP contribution in [0.15, 0.2) is 42.6 Å². The van der Waals surface area contributed by atoms with Crippen molar-refractivity contribution in [3.8, 4) is 5.75 Å². The van der Waals surface area contributed by atoms with Crippen molar-refractivity contribution in [3.63, 3.8) is 0 Å². The molecule has 0 radical (unpaired) electrons. The molecule has 25 heavy (non-hydrogen) atoms. The average Bonchev–Trinajstić information content (AvgIpc) is 2.99. The smallest absolute Gasteiger partial charge is 0.152 e. The van der Waals surface area contributed by atoms with Crippen LogP contribution in [0.4, 0.5) is 0 Å². The van der Waals surface area contributed by atoms with Crippen LogP contribution < -0.4 is 4.74 Å². The maximum atomic E-state index is 11.4. The number of ether oxygens (including phenoxy) is 1. The molecule has 0 atom stereocenters. The van der Waals surface area contributed by atoms with Crippen LogP contribution in [-0.4, -0.2) is 17.5 Å². The van der Waals surface area contributed by atoms with Gasteiger partial charge in [0.2, 0.25) is 0 Å². The SMILES string of the molecule is CCc1cccc2c(C=O)cn(CCCOc3cc(C)ccc3C)c12. The largest absolute Gasteiger partial charge is 0.493 e. The van der Waals surface area contributed by atoms with Gasteiger partial charge in [-0.15, -0.1) is 0 Å². The third-order valence-corrected chi connectivity index (χ3v) is 4.67. The lowest BCUT2D eigenvalue weighted by molar-refractivity contribution is 0.112. The zero-order valence-electron chi connectivity index (χ0n) is 15.2. The quantitative estimate of drug-likeness (QED) is 0.444. The van der Waals surface area contributed by atoms with Gasteiger partial charge in [-0.2, -0.15) is 0 Å². The summed E-state index contributed by atoms with van der Waals surface area (Å²) in [5.74, 6) is 0.959. The Labute approximate surface area is 149 Å². The standard InChI is InChI=1S/C22H25NO2/c1-4-18-7-5-8-20-19(15-24)14-23(22(18)20)11-6-12-25-21-13-16(2)9-10-17(21)3/h5,7-10,13-15H,4,6,11-12H2,1-3H3. The Morgan fingerprint density at radius 1 is 1.16 bits per heavy atom. The predicted molar refractivity (Wildman–Crippen MR) is 103 cm³/mol. The molecule has 0 aliphatic rings. The fourth-order valence-corrected chi connectivity index (χ4v) is 3.30. The van der Waals surface area contributed by atoms with Gasteiger partial charge in [-0.3, -0.25) is 4.79 Å². The summed E-state index contributed by atoms with van der Waals surface area (Å²) in [6.07, 6.45) is 4.77. The molecule has 0 saturated carbocycles. The number of carbonyl (C=O) groups excluding carboxylic acids is 1. The molecule has 130 valence electrons. The van der Waals surface area contributed by atoms with Crippen LogP contribution in [0.2, 0.25) is 0 Å². The topological polar surface area (TPSA) is 31.2 Å². The first kappa shape index (κ1) is 17.3. The van der Waals surface area contributed by atoms with Crippen molar-refractivity contribution in [2.45, 2.75) is 40.2 Å². The number of aromatic nitrogens is 1. The van der Waals surface area contributed by atoms with Gasteiger partial charge in [0.25, 0.3) is 0 Å². The van der Waals surface area contributed by atoms with E-state index in [2.05, 4.69) is 49.6 Å². The molecule has 3 heteroatoms. The molecule has 0 aliphatic heterocycles. The molecule has 2 aromatic carbocycles. The van der Waals surface area contributed by atoms with Gasteiger partial charge < -0.3 is 9.30 Å². The fourth-order valence-electron chi connectivity index (χ4n) is 3.30. The Hall–Kier alpha value is -2.55. The van der Waals surface area contributed by atoms with Crippen LogP contribution in [0, 0.1) is 13.8 Å². The third-order valence-electron chi connectivity index (χ3n) is 4.67. The number of hydrogen-bond donors (Lipinski definition) is 0. The summed E-state index contributed by atoms with van der Waals surface area (Å²) in [5, 5.41) is 1.05. The van der Waals surface area contributed by atoms with Crippen molar-refractivity contribution in [1.82, 2.24) is 4.57 Å². The minimum atomic E-state index is 0.661. The lowest BCUT2D eigenvalue weighted by Gasteiger charge is -2.12. The van der Waals surface area contributed by atoms with Crippen molar-refractivity contribution in [3.05, 3.63) is 64.8 Å². The zero-order valence-corrected chi connectivity index (χ0v) is 15.2. The number of fused-ring (bicyclic) bond motifs is 1. The van der Waals surface area contributed by atoms with Crippen LogP contribution in [0.25, 0.3) is 10.9 Å². The first-order chi connectivity index (χ1) is 12.1. The second kappa shape index (κ2) is 7.56. The number of aryl methyl sites for hydroxylation is 4. The second-order valence-corrected chi connectivity index (χ2v) is 6.53. The van der Waals surface area contributed by atoms with E-state index in [-0.39, 0.29) is 0 Å². The van der Waals surface area contributed by atoms with E-state index in [9.17, 15) is 4.79 Å². The minimum absolute atomic E-state index is 0.661. The summed E-state index contributed by atoms with van der Waals surface area (Å²) in [7, 11) is 0. The van der Waals surface area contributed by atoms with Crippen molar-refractivity contribution in [2.24, 2.45) is 0 Å². The number of nitrogens with zero attached hydrogens (tertiary/aromatic N) is 1. The van der Waals surface area contributed by atoms with Crippen molar-refractivity contribution < 1.29 is 9.53 Å². The summed E-state index contributed by atoms with van der Waals surface area (Å²) in [5.41, 5.74) is 5.59. The van der Waals surface area contributed by atoms with Gasteiger partial charge in [0.05, 0.1) is 12.1 Å². The summed E-state index contributed by atoms with van der Waals surface area (Å²) < 4.78 is 8.16. The van der Waals surface area contributed by atoms with Crippen molar-refractivity contribution in [2.75, 3.05) is 6.61 Å².